The smallest absolute Gasteiger partial charge is 0.0588 e. The van der Waals surface area contributed by atoms with Crippen molar-refractivity contribution >= 4 is 38.5 Å². The summed E-state index contributed by atoms with van der Waals surface area (Å²) in [7, 11) is 0. The standard InChI is InChI=1S/C16H17BrIN/c1-3-19-16(12-6-4-5-11(2)9-12)14-10-13(18)7-8-15(14)17/h4-10,16,19H,3H2,1-2H3. The molecule has 2 rings (SSSR count). The zero-order valence-corrected chi connectivity index (χ0v) is 14.8. The number of halogens is 2. The van der Waals surface area contributed by atoms with Gasteiger partial charge in [0.15, 0.2) is 0 Å². The number of aryl methyl sites for hydroxylation is 1. The molecule has 0 aliphatic rings. The van der Waals surface area contributed by atoms with E-state index in [1.165, 1.54) is 20.3 Å². The molecule has 1 nitrogen and oxygen atoms in total. The molecule has 100 valence electrons. The highest BCUT2D eigenvalue weighted by Gasteiger charge is 2.16. The van der Waals surface area contributed by atoms with E-state index < -0.39 is 0 Å². The van der Waals surface area contributed by atoms with E-state index >= 15 is 0 Å². The predicted molar refractivity (Wildman–Crippen MR) is 93.6 cm³/mol. The monoisotopic (exact) mass is 429 g/mol. The van der Waals surface area contributed by atoms with Gasteiger partial charge in [-0.25, -0.2) is 0 Å². The highest BCUT2D eigenvalue weighted by Crippen LogP contribution is 2.30. The van der Waals surface area contributed by atoms with Crippen LogP contribution < -0.4 is 5.32 Å². The summed E-state index contributed by atoms with van der Waals surface area (Å²) in [6.45, 7) is 5.22. The number of benzene rings is 2. The van der Waals surface area contributed by atoms with Crippen LogP contribution in [0.3, 0.4) is 0 Å². The maximum absolute atomic E-state index is 3.67. The van der Waals surface area contributed by atoms with Crippen LogP contribution in [0.25, 0.3) is 0 Å². The fourth-order valence-electron chi connectivity index (χ4n) is 2.20. The molecule has 0 aliphatic carbocycles. The first kappa shape index (κ1) is 15.0. The summed E-state index contributed by atoms with van der Waals surface area (Å²) in [5, 5.41) is 3.58. The molecule has 0 fully saturated rings. The van der Waals surface area contributed by atoms with Gasteiger partial charge in [0.2, 0.25) is 0 Å². The Hall–Kier alpha value is -0.390. The molecule has 0 aromatic heterocycles. The molecular weight excluding hydrogens is 413 g/mol. The second-order valence-electron chi connectivity index (χ2n) is 4.57. The van der Waals surface area contributed by atoms with Crippen molar-refractivity contribution in [1.82, 2.24) is 5.32 Å². The molecular formula is C16H17BrIN. The van der Waals surface area contributed by atoms with Gasteiger partial charge in [-0.2, -0.15) is 0 Å². The third-order valence-corrected chi connectivity index (χ3v) is 4.45. The van der Waals surface area contributed by atoms with Gasteiger partial charge in [-0.1, -0.05) is 52.7 Å². The molecule has 0 aliphatic heterocycles. The van der Waals surface area contributed by atoms with E-state index in [4.69, 9.17) is 0 Å². The van der Waals surface area contributed by atoms with Crippen LogP contribution in [-0.4, -0.2) is 6.54 Å². The third kappa shape index (κ3) is 3.80. The molecule has 2 aromatic rings. The Morgan fingerprint density at radius 2 is 2.00 bits per heavy atom. The second-order valence-corrected chi connectivity index (χ2v) is 6.67. The van der Waals surface area contributed by atoms with E-state index in [0.717, 1.165) is 11.0 Å². The maximum atomic E-state index is 3.67. The Morgan fingerprint density at radius 3 is 2.68 bits per heavy atom. The molecule has 0 saturated carbocycles. The van der Waals surface area contributed by atoms with Crippen LogP contribution in [0.4, 0.5) is 0 Å². The first-order valence-electron chi connectivity index (χ1n) is 6.36. The van der Waals surface area contributed by atoms with Crippen LogP contribution in [0.1, 0.15) is 29.7 Å². The maximum Gasteiger partial charge on any atom is 0.0588 e. The van der Waals surface area contributed by atoms with Crippen LogP contribution in [-0.2, 0) is 0 Å². The lowest BCUT2D eigenvalue weighted by Crippen LogP contribution is -2.22. The van der Waals surface area contributed by atoms with Gasteiger partial charge in [0, 0.05) is 8.04 Å². The van der Waals surface area contributed by atoms with Gasteiger partial charge in [0.25, 0.3) is 0 Å². The lowest BCUT2D eigenvalue weighted by Gasteiger charge is -2.21. The zero-order chi connectivity index (χ0) is 13.8. The van der Waals surface area contributed by atoms with Gasteiger partial charge in [-0.15, -0.1) is 0 Å². The van der Waals surface area contributed by atoms with Crippen molar-refractivity contribution < 1.29 is 0 Å². The van der Waals surface area contributed by atoms with Crippen LogP contribution in [0.15, 0.2) is 46.9 Å². The molecule has 0 bridgehead atoms. The molecule has 1 atom stereocenters. The summed E-state index contributed by atoms with van der Waals surface area (Å²) in [4.78, 5) is 0. The highest BCUT2D eigenvalue weighted by molar-refractivity contribution is 14.1. The predicted octanol–water partition coefficient (Wildman–Crippen LogP) is 5.06. The molecule has 19 heavy (non-hydrogen) atoms. The second kappa shape index (κ2) is 6.86. The van der Waals surface area contributed by atoms with Crippen molar-refractivity contribution in [3.8, 4) is 0 Å². The fourth-order valence-corrected chi connectivity index (χ4v) is 3.19. The summed E-state index contributed by atoms with van der Waals surface area (Å²) in [5.41, 5.74) is 3.89. The average molecular weight is 430 g/mol. The lowest BCUT2D eigenvalue weighted by molar-refractivity contribution is 0.628. The van der Waals surface area contributed by atoms with Crippen LogP contribution >= 0.6 is 38.5 Å². The minimum Gasteiger partial charge on any atom is -0.306 e. The van der Waals surface area contributed by atoms with Crippen molar-refractivity contribution in [1.29, 1.82) is 0 Å². The Morgan fingerprint density at radius 1 is 1.21 bits per heavy atom. The Kier molecular flexibility index (Phi) is 5.42. The van der Waals surface area contributed by atoms with Crippen LogP contribution in [0, 0.1) is 10.5 Å². The lowest BCUT2D eigenvalue weighted by atomic mass is 9.97. The van der Waals surface area contributed by atoms with E-state index in [1.807, 2.05) is 0 Å². The topological polar surface area (TPSA) is 12.0 Å². The molecule has 0 amide bonds. The fraction of sp³-hybridized carbons (Fsp3) is 0.250. The summed E-state index contributed by atoms with van der Waals surface area (Å²) < 4.78 is 2.41. The van der Waals surface area contributed by atoms with Crippen LogP contribution in [0.5, 0.6) is 0 Å². The molecule has 0 heterocycles. The van der Waals surface area contributed by atoms with Crippen molar-refractivity contribution in [3.63, 3.8) is 0 Å². The summed E-state index contributed by atoms with van der Waals surface area (Å²) in [5.74, 6) is 0. The Labute approximate surface area is 137 Å². The minimum atomic E-state index is 0.231. The van der Waals surface area contributed by atoms with Gasteiger partial charge in [-0.3, -0.25) is 0 Å². The minimum absolute atomic E-state index is 0.231. The van der Waals surface area contributed by atoms with Gasteiger partial charge in [0.05, 0.1) is 6.04 Å². The van der Waals surface area contributed by atoms with Crippen molar-refractivity contribution in [2.24, 2.45) is 0 Å². The van der Waals surface area contributed by atoms with Crippen molar-refractivity contribution in [2.45, 2.75) is 19.9 Å². The first-order chi connectivity index (χ1) is 9.11. The molecule has 0 radical (unpaired) electrons. The number of hydrogen-bond acceptors (Lipinski definition) is 1. The first-order valence-corrected chi connectivity index (χ1v) is 8.24. The van der Waals surface area contributed by atoms with Crippen molar-refractivity contribution in [2.75, 3.05) is 6.54 Å². The number of nitrogens with one attached hydrogen (secondary N) is 1. The summed E-state index contributed by atoms with van der Waals surface area (Å²) >= 11 is 6.03. The number of hydrogen-bond donors (Lipinski definition) is 1. The van der Waals surface area contributed by atoms with Crippen LogP contribution in [0.2, 0.25) is 0 Å². The normalized spacial score (nSPS) is 12.4. The molecule has 0 spiro atoms. The van der Waals surface area contributed by atoms with Gasteiger partial charge in [0.1, 0.15) is 0 Å². The number of rotatable bonds is 4. The van der Waals surface area contributed by atoms with E-state index in [-0.39, 0.29) is 6.04 Å². The Balaban J connectivity index is 2.48. The van der Waals surface area contributed by atoms with Gasteiger partial charge >= 0.3 is 0 Å². The molecule has 0 saturated heterocycles. The average Bonchev–Trinajstić information content (AvgIpc) is 2.39. The highest BCUT2D eigenvalue weighted by atomic mass is 127. The molecule has 3 heteroatoms. The van der Waals surface area contributed by atoms with Crippen molar-refractivity contribution in [3.05, 3.63) is 67.2 Å². The molecule has 1 unspecified atom stereocenters. The largest absolute Gasteiger partial charge is 0.306 e. The van der Waals surface area contributed by atoms with E-state index in [0.29, 0.717) is 0 Å². The van der Waals surface area contributed by atoms with Gasteiger partial charge in [-0.05, 0) is 65.4 Å². The quantitative estimate of drug-likeness (QED) is 0.669. The van der Waals surface area contributed by atoms with E-state index in [2.05, 4.69) is 100 Å². The van der Waals surface area contributed by atoms with E-state index in [1.54, 1.807) is 0 Å². The third-order valence-electron chi connectivity index (χ3n) is 3.05. The molecule has 1 N–H and O–H groups in total. The van der Waals surface area contributed by atoms with Gasteiger partial charge < -0.3 is 5.32 Å². The molecule has 2 aromatic carbocycles. The van der Waals surface area contributed by atoms with E-state index in [9.17, 15) is 0 Å². The summed E-state index contributed by atoms with van der Waals surface area (Å²) in [6, 6.07) is 15.4. The summed E-state index contributed by atoms with van der Waals surface area (Å²) in [6.07, 6.45) is 0. The zero-order valence-electron chi connectivity index (χ0n) is 11.1. The SMILES string of the molecule is CCNC(c1cccc(C)c1)c1cc(I)ccc1Br. The Bertz CT molecular complexity index is 568.